The van der Waals surface area contributed by atoms with Crippen molar-refractivity contribution in [1.82, 2.24) is 5.32 Å². The summed E-state index contributed by atoms with van der Waals surface area (Å²) in [6.07, 6.45) is 77.2. The van der Waals surface area contributed by atoms with Gasteiger partial charge >= 0.3 is 0 Å². The van der Waals surface area contributed by atoms with Crippen LogP contribution in [0.25, 0.3) is 0 Å². The molecule has 12 unspecified atom stereocenters. The third-order valence-corrected chi connectivity index (χ3v) is 18.5. The lowest BCUT2D eigenvalue weighted by Crippen LogP contribution is -2.65. The van der Waals surface area contributed by atoms with Crippen LogP contribution in [0.15, 0.2) is 109 Å². The minimum absolute atomic E-state index is 0.242. The molecule has 9 N–H and O–H groups in total. The van der Waals surface area contributed by atoms with Gasteiger partial charge in [0.1, 0.15) is 48.8 Å². The van der Waals surface area contributed by atoms with Crippen molar-refractivity contribution in [3.63, 3.8) is 0 Å². The number of ether oxygens (including phenoxy) is 4. The number of aliphatic hydroxyl groups excluding tert-OH is 8. The van der Waals surface area contributed by atoms with Gasteiger partial charge in [-0.15, -0.1) is 0 Å². The minimum atomic E-state index is -1.79. The molecule has 12 atom stereocenters. The van der Waals surface area contributed by atoms with E-state index in [1.165, 1.54) is 186 Å². The molecule has 0 aromatic carbocycles. The second-order valence-electron chi connectivity index (χ2n) is 27.1. The van der Waals surface area contributed by atoms with Gasteiger partial charge in [0, 0.05) is 6.42 Å². The molecule has 96 heavy (non-hydrogen) atoms. The van der Waals surface area contributed by atoms with Gasteiger partial charge in [0.15, 0.2) is 12.6 Å². The third kappa shape index (κ3) is 47.7. The number of carbonyl (C=O) groups excluding carboxylic acids is 1. The predicted molar refractivity (Wildman–Crippen MR) is 396 cm³/mol. The number of amides is 1. The molecule has 554 valence electrons. The lowest BCUT2D eigenvalue weighted by molar-refractivity contribution is -0.359. The second-order valence-corrected chi connectivity index (χ2v) is 27.1. The summed E-state index contributed by atoms with van der Waals surface area (Å²) in [6, 6.07) is -0.924. The summed E-state index contributed by atoms with van der Waals surface area (Å²) in [5, 5.41) is 87.6. The molecule has 2 heterocycles. The first-order valence-corrected chi connectivity index (χ1v) is 39.1. The number of hydrogen-bond acceptors (Lipinski definition) is 13. The summed E-state index contributed by atoms with van der Waals surface area (Å²) in [5.41, 5.74) is 0. The van der Waals surface area contributed by atoms with E-state index in [1.807, 2.05) is 6.08 Å². The molecule has 0 aromatic rings. The van der Waals surface area contributed by atoms with Crippen LogP contribution in [0, 0.1) is 0 Å². The average molecular weight is 1350 g/mol. The van der Waals surface area contributed by atoms with E-state index in [4.69, 9.17) is 18.9 Å². The number of carbonyl (C=O) groups is 1. The van der Waals surface area contributed by atoms with Gasteiger partial charge in [-0.3, -0.25) is 4.79 Å². The first-order valence-electron chi connectivity index (χ1n) is 39.1. The van der Waals surface area contributed by atoms with Crippen LogP contribution in [-0.4, -0.2) is 140 Å². The zero-order valence-corrected chi connectivity index (χ0v) is 60.6. The van der Waals surface area contributed by atoms with Crippen LogP contribution in [0.3, 0.4) is 0 Å². The molecule has 14 heteroatoms. The monoisotopic (exact) mass is 1350 g/mol. The summed E-state index contributed by atoms with van der Waals surface area (Å²) in [4.78, 5) is 13.4. The fraction of sp³-hybridized carbons (Fsp3) is 0.768. The Morgan fingerprint density at radius 3 is 1.10 bits per heavy atom. The molecule has 2 aliphatic heterocycles. The maximum atomic E-state index is 13.4. The van der Waals surface area contributed by atoms with Crippen molar-refractivity contribution in [2.24, 2.45) is 0 Å². The number of aliphatic hydroxyl groups is 8. The van der Waals surface area contributed by atoms with Crippen LogP contribution in [-0.2, 0) is 23.7 Å². The van der Waals surface area contributed by atoms with E-state index < -0.39 is 86.8 Å². The van der Waals surface area contributed by atoms with Crippen molar-refractivity contribution in [3.05, 3.63) is 109 Å². The number of allylic oxidation sites excluding steroid dienone is 17. The molecule has 0 spiro atoms. The van der Waals surface area contributed by atoms with Crippen molar-refractivity contribution in [1.29, 1.82) is 0 Å². The fourth-order valence-electron chi connectivity index (χ4n) is 12.3. The molecular formula is C82H143NO13. The van der Waals surface area contributed by atoms with E-state index in [2.05, 4.69) is 116 Å². The zero-order valence-electron chi connectivity index (χ0n) is 60.6. The largest absolute Gasteiger partial charge is 0.394 e. The van der Waals surface area contributed by atoms with Gasteiger partial charge < -0.3 is 65.1 Å². The molecule has 0 aliphatic carbocycles. The Balaban J connectivity index is 1.63. The van der Waals surface area contributed by atoms with Crippen LogP contribution in [0.5, 0.6) is 0 Å². The Morgan fingerprint density at radius 2 is 0.719 bits per heavy atom. The standard InChI is InChI=1S/C82H143NO13/c1-3-5-7-9-11-13-15-17-19-21-23-25-27-29-30-31-32-33-34-35-36-37-38-39-40-42-44-46-48-50-52-54-56-58-60-62-64-66-74(87)83-70(69-93-81-79(92)77(90)80(73(68-85)95-81)96-82-78(91)76(89)75(88)72(67-84)94-82)71(86)65-63-61-59-57-55-53-51-49-47-45-43-41-28-26-24-22-20-18-16-14-12-10-8-6-4-2/h5,7,11,13,17,19,23,25,29-30,32-33,35-36,38-39,63,65,70-73,75-82,84-86,88-92H,3-4,6,8-10,12,14-16,18,20-22,24,26-28,31,34,37,40-62,64,66-69H2,1-2H3,(H,83,87)/b7-5-,13-11-,19-17-,25-23-,30-29-,33-32-,36-35-,39-38-,65-63+. The SMILES string of the molecule is CC/C=C\C/C=C\C/C=C\C/C=C\C/C=C\C/C=C\C/C=C\C/C=C\CCCCCCCCCCCCCCC(=O)NC(COC1OC(CO)C(OC2OC(CO)C(O)C(O)C2O)C(O)C1O)C(O)/C=C/CCCCCCCCCCCCCCCCCCCCCCCCC. The van der Waals surface area contributed by atoms with E-state index in [-0.39, 0.29) is 18.9 Å². The number of hydrogen-bond donors (Lipinski definition) is 9. The zero-order chi connectivity index (χ0) is 69.4. The molecule has 0 bridgehead atoms. The van der Waals surface area contributed by atoms with Gasteiger partial charge in [-0.05, 0) is 83.5 Å². The molecule has 14 nitrogen and oxygen atoms in total. The molecule has 0 saturated carbocycles. The van der Waals surface area contributed by atoms with Gasteiger partial charge in [0.25, 0.3) is 0 Å². The highest BCUT2D eigenvalue weighted by Gasteiger charge is 2.51. The Hall–Kier alpha value is -3.35. The maximum absolute atomic E-state index is 13.4. The van der Waals surface area contributed by atoms with Crippen LogP contribution < -0.4 is 5.32 Å². The second kappa shape index (κ2) is 65.0. The minimum Gasteiger partial charge on any atom is -0.394 e. The molecule has 2 saturated heterocycles. The molecule has 2 fully saturated rings. The van der Waals surface area contributed by atoms with E-state index >= 15 is 0 Å². The summed E-state index contributed by atoms with van der Waals surface area (Å²) in [7, 11) is 0. The van der Waals surface area contributed by atoms with E-state index in [9.17, 15) is 45.6 Å². The third-order valence-electron chi connectivity index (χ3n) is 18.5. The number of unbranched alkanes of at least 4 members (excludes halogenated alkanes) is 35. The van der Waals surface area contributed by atoms with E-state index in [0.717, 1.165) is 96.3 Å². The maximum Gasteiger partial charge on any atom is 0.220 e. The van der Waals surface area contributed by atoms with Crippen LogP contribution >= 0.6 is 0 Å². The summed E-state index contributed by atoms with van der Waals surface area (Å²) >= 11 is 0. The van der Waals surface area contributed by atoms with Gasteiger partial charge in [-0.25, -0.2) is 0 Å². The summed E-state index contributed by atoms with van der Waals surface area (Å²) < 4.78 is 22.9. The summed E-state index contributed by atoms with van der Waals surface area (Å²) in [5.74, 6) is -0.242. The van der Waals surface area contributed by atoms with Crippen molar-refractivity contribution in [3.8, 4) is 0 Å². The average Bonchev–Trinajstić information content (AvgIpc) is 0.857. The van der Waals surface area contributed by atoms with Gasteiger partial charge in [-0.2, -0.15) is 0 Å². The fourth-order valence-corrected chi connectivity index (χ4v) is 12.3. The lowest BCUT2D eigenvalue weighted by Gasteiger charge is -2.46. The van der Waals surface area contributed by atoms with Crippen molar-refractivity contribution < 1.29 is 64.6 Å². The number of rotatable bonds is 64. The van der Waals surface area contributed by atoms with Crippen LogP contribution in [0.4, 0.5) is 0 Å². The Labute approximate surface area is 585 Å². The van der Waals surface area contributed by atoms with E-state index in [0.29, 0.717) is 6.42 Å². The highest BCUT2D eigenvalue weighted by atomic mass is 16.7. The summed E-state index contributed by atoms with van der Waals surface area (Å²) in [6.45, 7) is 2.72. The topological polar surface area (TPSA) is 228 Å². The van der Waals surface area contributed by atoms with Crippen molar-refractivity contribution in [2.75, 3.05) is 19.8 Å². The highest BCUT2D eigenvalue weighted by molar-refractivity contribution is 5.76. The van der Waals surface area contributed by atoms with Crippen LogP contribution in [0.2, 0.25) is 0 Å². The molecule has 1 amide bonds. The first-order chi connectivity index (χ1) is 47.1. The van der Waals surface area contributed by atoms with Crippen molar-refractivity contribution in [2.45, 2.75) is 383 Å². The Kier molecular flexibility index (Phi) is 60.1. The van der Waals surface area contributed by atoms with E-state index in [1.54, 1.807) is 6.08 Å². The Morgan fingerprint density at radius 1 is 0.385 bits per heavy atom. The van der Waals surface area contributed by atoms with Crippen LogP contribution in [0.1, 0.15) is 309 Å². The highest BCUT2D eigenvalue weighted by Crippen LogP contribution is 2.30. The number of nitrogens with one attached hydrogen (secondary N) is 1. The molecule has 0 radical (unpaired) electrons. The van der Waals surface area contributed by atoms with Crippen molar-refractivity contribution >= 4 is 5.91 Å². The molecule has 2 aliphatic rings. The first kappa shape index (κ1) is 88.7. The smallest absolute Gasteiger partial charge is 0.220 e. The van der Waals surface area contributed by atoms with Gasteiger partial charge in [0.2, 0.25) is 5.91 Å². The predicted octanol–water partition coefficient (Wildman–Crippen LogP) is 17.5. The van der Waals surface area contributed by atoms with Gasteiger partial charge in [-0.1, -0.05) is 329 Å². The normalized spacial score (nSPS) is 22.9. The Bertz CT molecular complexity index is 2030. The quantitative estimate of drug-likeness (QED) is 0.0204. The molecule has 2 rings (SSSR count). The lowest BCUT2D eigenvalue weighted by atomic mass is 9.97. The molecule has 0 aromatic heterocycles. The van der Waals surface area contributed by atoms with Gasteiger partial charge in [0.05, 0.1) is 32.0 Å². The molecular weight excluding hydrogens is 1210 g/mol.